The molecule has 2 rings (SSSR count). The zero-order valence-corrected chi connectivity index (χ0v) is 8.56. The van der Waals surface area contributed by atoms with Crippen LogP contribution in [0.15, 0.2) is 22.9 Å². The number of hydrogen-bond donors (Lipinski definition) is 1. The third-order valence-electron chi connectivity index (χ3n) is 1.76. The Balaban J connectivity index is 2.74. The predicted octanol–water partition coefficient (Wildman–Crippen LogP) is 1.55. The Hall–Kier alpha value is -0.940. The molecule has 0 aliphatic heterocycles. The molecule has 0 saturated heterocycles. The SMILES string of the molecule is CC(O)c1nc2cccnn2c1Br. The molecule has 2 heterocycles. The molecule has 0 saturated carbocycles. The van der Waals surface area contributed by atoms with Crippen molar-refractivity contribution in [1.82, 2.24) is 14.6 Å². The van der Waals surface area contributed by atoms with Gasteiger partial charge in [0.15, 0.2) is 5.65 Å². The van der Waals surface area contributed by atoms with Crippen LogP contribution in [0, 0.1) is 0 Å². The molecule has 0 aliphatic rings. The fourth-order valence-electron chi connectivity index (χ4n) is 1.14. The Morgan fingerprint density at radius 3 is 3.00 bits per heavy atom. The highest BCUT2D eigenvalue weighted by Crippen LogP contribution is 2.22. The molecule has 0 amide bonds. The van der Waals surface area contributed by atoms with E-state index in [1.807, 2.05) is 6.07 Å². The highest BCUT2D eigenvalue weighted by molar-refractivity contribution is 9.10. The third kappa shape index (κ3) is 1.34. The van der Waals surface area contributed by atoms with Gasteiger partial charge in [-0.3, -0.25) is 0 Å². The normalized spacial score (nSPS) is 13.5. The van der Waals surface area contributed by atoms with Crippen molar-refractivity contribution in [2.75, 3.05) is 0 Å². The largest absolute Gasteiger partial charge is 0.387 e. The van der Waals surface area contributed by atoms with Crippen molar-refractivity contribution < 1.29 is 5.11 Å². The Morgan fingerprint density at radius 1 is 1.62 bits per heavy atom. The van der Waals surface area contributed by atoms with Crippen molar-refractivity contribution in [3.8, 4) is 0 Å². The summed E-state index contributed by atoms with van der Waals surface area (Å²) in [5.74, 6) is 0. The first-order chi connectivity index (χ1) is 6.20. The predicted molar refractivity (Wildman–Crippen MR) is 51.3 cm³/mol. The van der Waals surface area contributed by atoms with Crippen LogP contribution in [0.3, 0.4) is 0 Å². The maximum absolute atomic E-state index is 9.37. The summed E-state index contributed by atoms with van der Waals surface area (Å²) in [5, 5.41) is 13.5. The summed E-state index contributed by atoms with van der Waals surface area (Å²) in [6, 6.07) is 3.64. The van der Waals surface area contributed by atoms with Gasteiger partial charge in [0.2, 0.25) is 0 Å². The van der Waals surface area contributed by atoms with Crippen LogP contribution in [0.4, 0.5) is 0 Å². The monoisotopic (exact) mass is 241 g/mol. The van der Waals surface area contributed by atoms with Crippen LogP contribution in [0.25, 0.3) is 5.65 Å². The van der Waals surface area contributed by atoms with E-state index < -0.39 is 6.10 Å². The van der Waals surface area contributed by atoms with Gasteiger partial charge in [-0.2, -0.15) is 5.10 Å². The lowest BCUT2D eigenvalue weighted by molar-refractivity contribution is 0.194. The zero-order valence-electron chi connectivity index (χ0n) is 6.98. The van der Waals surface area contributed by atoms with Crippen molar-refractivity contribution in [2.45, 2.75) is 13.0 Å². The molecule has 0 aliphatic carbocycles. The number of aliphatic hydroxyl groups excluding tert-OH is 1. The molecule has 1 atom stereocenters. The second-order valence-corrected chi connectivity index (χ2v) is 3.51. The van der Waals surface area contributed by atoms with Gasteiger partial charge in [0.05, 0.1) is 6.10 Å². The summed E-state index contributed by atoms with van der Waals surface area (Å²) in [5.41, 5.74) is 1.34. The van der Waals surface area contributed by atoms with Gasteiger partial charge in [0.25, 0.3) is 0 Å². The first-order valence-corrected chi connectivity index (χ1v) is 4.66. The molecule has 1 unspecified atom stereocenters. The van der Waals surface area contributed by atoms with Crippen LogP contribution >= 0.6 is 15.9 Å². The Bertz CT molecular complexity index is 438. The van der Waals surface area contributed by atoms with Gasteiger partial charge in [0.1, 0.15) is 10.3 Å². The molecule has 2 aromatic heterocycles. The van der Waals surface area contributed by atoms with E-state index in [2.05, 4.69) is 26.0 Å². The van der Waals surface area contributed by atoms with E-state index in [1.165, 1.54) is 0 Å². The summed E-state index contributed by atoms with van der Waals surface area (Å²) in [6.07, 6.45) is 1.08. The second-order valence-electron chi connectivity index (χ2n) is 2.76. The summed E-state index contributed by atoms with van der Waals surface area (Å²) < 4.78 is 2.35. The summed E-state index contributed by atoms with van der Waals surface area (Å²) in [4.78, 5) is 4.22. The van der Waals surface area contributed by atoms with Crippen molar-refractivity contribution >= 4 is 21.6 Å². The van der Waals surface area contributed by atoms with E-state index in [1.54, 1.807) is 23.7 Å². The molecule has 1 N–H and O–H groups in total. The molecule has 0 aromatic carbocycles. The number of nitrogens with zero attached hydrogens (tertiary/aromatic N) is 3. The molecular formula is C8H8BrN3O. The molecule has 0 radical (unpaired) electrons. The highest BCUT2D eigenvalue weighted by atomic mass is 79.9. The number of aromatic nitrogens is 3. The molecule has 68 valence electrons. The molecule has 0 bridgehead atoms. The minimum atomic E-state index is -0.587. The minimum absolute atomic E-state index is 0.587. The van der Waals surface area contributed by atoms with Crippen LogP contribution in [0.5, 0.6) is 0 Å². The van der Waals surface area contributed by atoms with Gasteiger partial charge < -0.3 is 5.11 Å². The first kappa shape index (κ1) is 8.65. The topological polar surface area (TPSA) is 50.4 Å². The van der Waals surface area contributed by atoms with Crippen LogP contribution in [0.1, 0.15) is 18.7 Å². The minimum Gasteiger partial charge on any atom is -0.387 e. The van der Waals surface area contributed by atoms with Gasteiger partial charge in [-0.05, 0) is 35.0 Å². The van der Waals surface area contributed by atoms with Gasteiger partial charge in [-0.15, -0.1) is 0 Å². The van der Waals surface area contributed by atoms with Crippen molar-refractivity contribution in [3.05, 3.63) is 28.6 Å². The van der Waals surface area contributed by atoms with E-state index in [9.17, 15) is 5.11 Å². The quantitative estimate of drug-likeness (QED) is 0.825. The summed E-state index contributed by atoms with van der Waals surface area (Å²) in [6.45, 7) is 1.67. The average Bonchev–Trinajstić information content (AvgIpc) is 2.45. The highest BCUT2D eigenvalue weighted by Gasteiger charge is 2.13. The van der Waals surface area contributed by atoms with E-state index in [0.717, 1.165) is 5.65 Å². The lowest BCUT2D eigenvalue weighted by Crippen LogP contribution is -1.93. The smallest absolute Gasteiger partial charge is 0.155 e. The number of aliphatic hydroxyl groups is 1. The summed E-state index contributed by atoms with van der Waals surface area (Å²) >= 11 is 3.33. The Morgan fingerprint density at radius 2 is 2.38 bits per heavy atom. The molecule has 5 heteroatoms. The molecule has 2 aromatic rings. The molecule has 13 heavy (non-hydrogen) atoms. The van der Waals surface area contributed by atoms with Crippen LogP contribution in [-0.2, 0) is 0 Å². The number of imidazole rings is 1. The van der Waals surface area contributed by atoms with Crippen LogP contribution < -0.4 is 0 Å². The number of fused-ring (bicyclic) bond motifs is 1. The number of rotatable bonds is 1. The lowest BCUT2D eigenvalue weighted by Gasteiger charge is -1.97. The van der Waals surface area contributed by atoms with E-state index in [0.29, 0.717) is 10.3 Å². The number of halogens is 1. The van der Waals surface area contributed by atoms with Gasteiger partial charge in [-0.25, -0.2) is 9.50 Å². The zero-order chi connectivity index (χ0) is 9.42. The molecule has 0 spiro atoms. The van der Waals surface area contributed by atoms with Crippen LogP contribution in [-0.4, -0.2) is 19.7 Å². The second kappa shape index (κ2) is 3.08. The van der Waals surface area contributed by atoms with Gasteiger partial charge >= 0.3 is 0 Å². The fraction of sp³-hybridized carbons (Fsp3) is 0.250. The van der Waals surface area contributed by atoms with Crippen molar-refractivity contribution in [3.63, 3.8) is 0 Å². The van der Waals surface area contributed by atoms with Crippen LogP contribution in [0.2, 0.25) is 0 Å². The van der Waals surface area contributed by atoms with E-state index >= 15 is 0 Å². The average molecular weight is 242 g/mol. The number of hydrogen-bond acceptors (Lipinski definition) is 3. The van der Waals surface area contributed by atoms with E-state index in [4.69, 9.17) is 0 Å². The maximum atomic E-state index is 9.37. The van der Waals surface area contributed by atoms with Crippen molar-refractivity contribution in [1.29, 1.82) is 0 Å². The Kier molecular flexibility index (Phi) is 2.05. The maximum Gasteiger partial charge on any atom is 0.155 e. The molecular weight excluding hydrogens is 234 g/mol. The van der Waals surface area contributed by atoms with Gasteiger partial charge in [0, 0.05) is 6.20 Å². The van der Waals surface area contributed by atoms with Gasteiger partial charge in [-0.1, -0.05) is 0 Å². The molecule has 0 fully saturated rings. The Labute approximate surface area is 83.3 Å². The first-order valence-electron chi connectivity index (χ1n) is 3.87. The summed E-state index contributed by atoms with van der Waals surface area (Å²) in [7, 11) is 0. The lowest BCUT2D eigenvalue weighted by atomic mass is 10.3. The molecule has 4 nitrogen and oxygen atoms in total. The standard InChI is InChI=1S/C8H8BrN3O/c1-5(13)7-8(9)12-6(11-7)3-2-4-10-12/h2-5,13H,1H3. The van der Waals surface area contributed by atoms with Crippen molar-refractivity contribution in [2.24, 2.45) is 0 Å². The van der Waals surface area contributed by atoms with E-state index in [-0.39, 0.29) is 0 Å². The third-order valence-corrected chi connectivity index (χ3v) is 2.50. The fourth-order valence-corrected chi connectivity index (χ4v) is 1.84.